The molecule has 0 spiro atoms. The number of esters is 1. The summed E-state index contributed by atoms with van der Waals surface area (Å²) in [5.74, 6) is -1.39. The molecule has 1 amide bonds. The van der Waals surface area contributed by atoms with Gasteiger partial charge >= 0.3 is 5.97 Å². The maximum atomic E-state index is 13.0. The SMILES string of the molecule is COC(=O)c1ccc(-c2csc(NC(=O)c3ccc(NS(=O)(=O)c4ccc(F)cc4)cc3)n2)cc1. The van der Waals surface area contributed by atoms with E-state index in [1.807, 2.05) is 0 Å². The van der Waals surface area contributed by atoms with Crippen molar-refractivity contribution in [1.29, 1.82) is 0 Å². The zero-order valence-electron chi connectivity index (χ0n) is 18.2. The van der Waals surface area contributed by atoms with Crippen LogP contribution in [0.2, 0.25) is 0 Å². The van der Waals surface area contributed by atoms with Gasteiger partial charge in [-0.1, -0.05) is 12.1 Å². The van der Waals surface area contributed by atoms with Gasteiger partial charge in [0.15, 0.2) is 5.13 Å². The minimum Gasteiger partial charge on any atom is -0.465 e. The average molecular weight is 512 g/mol. The van der Waals surface area contributed by atoms with Gasteiger partial charge < -0.3 is 4.74 Å². The summed E-state index contributed by atoms with van der Waals surface area (Å²) >= 11 is 1.24. The number of hydrogen-bond acceptors (Lipinski definition) is 7. The Labute approximate surface area is 204 Å². The van der Waals surface area contributed by atoms with Gasteiger partial charge in [-0.05, 0) is 60.7 Å². The molecular weight excluding hydrogens is 493 g/mol. The molecule has 0 unspecified atom stereocenters. The summed E-state index contributed by atoms with van der Waals surface area (Å²) in [6.07, 6.45) is 0. The summed E-state index contributed by atoms with van der Waals surface area (Å²) in [6, 6.07) is 17.0. The molecule has 0 saturated carbocycles. The number of halogens is 1. The molecular formula is C24H18FN3O5S2. The molecule has 3 aromatic carbocycles. The summed E-state index contributed by atoms with van der Waals surface area (Å²) in [7, 11) is -2.58. The third-order valence-corrected chi connectivity index (χ3v) is 7.00. The van der Waals surface area contributed by atoms with Crippen LogP contribution >= 0.6 is 11.3 Å². The lowest BCUT2D eigenvalue weighted by molar-refractivity contribution is 0.0600. The molecule has 35 heavy (non-hydrogen) atoms. The Kier molecular flexibility index (Phi) is 6.90. The van der Waals surface area contributed by atoms with Crippen LogP contribution in [0.4, 0.5) is 15.2 Å². The molecule has 0 aliphatic carbocycles. The molecule has 0 aliphatic rings. The highest BCUT2D eigenvalue weighted by atomic mass is 32.2. The lowest BCUT2D eigenvalue weighted by Crippen LogP contribution is -2.14. The van der Waals surface area contributed by atoms with Gasteiger partial charge in [0.2, 0.25) is 0 Å². The largest absolute Gasteiger partial charge is 0.465 e. The van der Waals surface area contributed by atoms with Gasteiger partial charge in [0.05, 0.1) is 23.3 Å². The number of methoxy groups -OCH3 is 1. The molecule has 11 heteroatoms. The van der Waals surface area contributed by atoms with Crippen LogP contribution in [0.5, 0.6) is 0 Å². The number of nitrogens with zero attached hydrogens (tertiary/aromatic N) is 1. The molecule has 2 N–H and O–H groups in total. The van der Waals surface area contributed by atoms with Gasteiger partial charge in [0.1, 0.15) is 5.82 Å². The number of benzene rings is 3. The van der Waals surface area contributed by atoms with E-state index in [4.69, 9.17) is 0 Å². The fourth-order valence-corrected chi connectivity index (χ4v) is 4.82. The van der Waals surface area contributed by atoms with Crippen molar-refractivity contribution < 1.29 is 27.1 Å². The fraction of sp³-hybridized carbons (Fsp3) is 0.0417. The number of aromatic nitrogens is 1. The summed E-state index contributed by atoms with van der Waals surface area (Å²) in [4.78, 5) is 28.5. The van der Waals surface area contributed by atoms with Crippen LogP contribution < -0.4 is 10.0 Å². The maximum Gasteiger partial charge on any atom is 0.337 e. The first kappa shape index (κ1) is 24.0. The van der Waals surface area contributed by atoms with Gasteiger partial charge in [-0.25, -0.2) is 22.6 Å². The van der Waals surface area contributed by atoms with Crippen LogP contribution in [0.15, 0.2) is 83.1 Å². The Morgan fingerprint density at radius 2 is 1.54 bits per heavy atom. The van der Waals surface area contributed by atoms with Crippen LogP contribution in [0.3, 0.4) is 0 Å². The summed E-state index contributed by atoms with van der Waals surface area (Å²) < 4.78 is 44.9. The highest BCUT2D eigenvalue weighted by Crippen LogP contribution is 2.26. The Morgan fingerprint density at radius 1 is 0.914 bits per heavy atom. The zero-order valence-corrected chi connectivity index (χ0v) is 19.8. The van der Waals surface area contributed by atoms with Crippen molar-refractivity contribution in [3.05, 3.63) is 95.1 Å². The Hall–Kier alpha value is -4.09. The second-order valence-corrected chi connectivity index (χ2v) is 9.74. The minimum atomic E-state index is -3.90. The maximum absolute atomic E-state index is 13.0. The second-order valence-electron chi connectivity index (χ2n) is 7.20. The van der Waals surface area contributed by atoms with Gasteiger partial charge in [-0.15, -0.1) is 11.3 Å². The van der Waals surface area contributed by atoms with Crippen molar-refractivity contribution in [1.82, 2.24) is 4.98 Å². The van der Waals surface area contributed by atoms with E-state index in [-0.39, 0.29) is 10.6 Å². The smallest absolute Gasteiger partial charge is 0.337 e. The molecule has 0 saturated heterocycles. The molecule has 178 valence electrons. The number of carbonyl (C=O) groups is 2. The number of amides is 1. The van der Waals surface area contributed by atoms with E-state index in [0.29, 0.717) is 22.0 Å². The van der Waals surface area contributed by atoms with Crippen LogP contribution in [0.1, 0.15) is 20.7 Å². The molecule has 4 aromatic rings. The van der Waals surface area contributed by atoms with E-state index in [0.717, 1.165) is 29.8 Å². The average Bonchev–Trinajstić information content (AvgIpc) is 3.32. The van der Waals surface area contributed by atoms with E-state index >= 15 is 0 Å². The topological polar surface area (TPSA) is 114 Å². The molecule has 0 atom stereocenters. The number of thiazole rings is 1. The minimum absolute atomic E-state index is 0.0831. The third-order valence-electron chi connectivity index (χ3n) is 4.85. The summed E-state index contributed by atoms with van der Waals surface area (Å²) in [5, 5.41) is 4.86. The van der Waals surface area contributed by atoms with E-state index in [9.17, 15) is 22.4 Å². The number of anilines is 2. The first-order valence-corrected chi connectivity index (χ1v) is 12.5. The van der Waals surface area contributed by atoms with Crippen molar-refractivity contribution >= 4 is 44.1 Å². The summed E-state index contributed by atoms with van der Waals surface area (Å²) in [6.45, 7) is 0. The number of rotatable bonds is 7. The highest BCUT2D eigenvalue weighted by molar-refractivity contribution is 7.92. The lowest BCUT2D eigenvalue weighted by atomic mass is 10.1. The Bertz CT molecular complexity index is 1470. The normalized spacial score (nSPS) is 11.0. The molecule has 0 bridgehead atoms. The standard InChI is InChI=1S/C24H18FN3O5S2/c1-33-23(30)17-4-2-15(3-5-17)21-14-34-24(26-21)27-22(29)16-6-10-19(11-7-16)28-35(31,32)20-12-8-18(25)9-13-20/h2-14,28H,1H3,(H,26,27,29). The van der Waals surface area contributed by atoms with Crippen molar-refractivity contribution in [2.24, 2.45) is 0 Å². The Morgan fingerprint density at radius 3 is 2.17 bits per heavy atom. The predicted octanol–water partition coefficient (Wildman–Crippen LogP) is 4.79. The first-order valence-electron chi connectivity index (χ1n) is 10.1. The molecule has 0 fully saturated rings. The Balaban J connectivity index is 1.40. The fourth-order valence-electron chi connectivity index (χ4n) is 3.05. The third kappa shape index (κ3) is 5.70. The van der Waals surface area contributed by atoms with Crippen LogP contribution in [-0.2, 0) is 14.8 Å². The predicted molar refractivity (Wildman–Crippen MR) is 130 cm³/mol. The van der Waals surface area contributed by atoms with Gasteiger partial charge in [-0.3, -0.25) is 14.8 Å². The second kappa shape index (κ2) is 10.0. The summed E-state index contributed by atoms with van der Waals surface area (Å²) in [5.41, 5.74) is 2.37. The molecule has 0 aliphatic heterocycles. The number of ether oxygens (including phenoxy) is 1. The monoisotopic (exact) mass is 511 g/mol. The van der Waals surface area contributed by atoms with Crippen molar-refractivity contribution in [3.63, 3.8) is 0 Å². The van der Waals surface area contributed by atoms with Gasteiger partial charge in [0, 0.05) is 22.2 Å². The molecule has 8 nitrogen and oxygen atoms in total. The lowest BCUT2D eigenvalue weighted by Gasteiger charge is -2.09. The van der Waals surface area contributed by atoms with E-state index in [1.165, 1.54) is 42.7 Å². The molecule has 0 radical (unpaired) electrons. The van der Waals surface area contributed by atoms with E-state index in [2.05, 4.69) is 19.8 Å². The number of sulfonamides is 1. The van der Waals surface area contributed by atoms with Gasteiger partial charge in [0.25, 0.3) is 15.9 Å². The highest BCUT2D eigenvalue weighted by Gasteiger charge is 2.15. The number of carbonyl (C=O) groups excluding carboxylic acids is 2. The first-order chi connectivity index (χ1) is 16.7. The van der Waals surface area contributed by atoms with Crippen LogP contribution in [-0.4, -0.2) is 32.4 Å². The number of hydrogen-bond donors (Lipinski definition) is 2. The number of nitrogens with one attached hydrogen (secondary N) is 2. The van der Waals surface area contributed by atoms with E-state index in [1.54, 1.807) is 29.6 Å². The van der Waals surface area contributed by atoms with Crippen LogP contribution in [0.25, 0.3) is 11.3 Å². The quantitative estimate of drug-likeness (QED) is 0.345. The van der Waals surface area contributed by atoms with Crippen molar-refractivity contribution in [3.8, 4) is 11.3 Å². The zero-order chi connectivity index (χ0) is 25.0. The molecule has 1 aromatic heterocycles. The van der Waals surface area contributed by atoms with Crippen molar-refractivity contribution in [2.45, 2.75) is 4.90 Å². The van der Waals surface area contributed by atoms with Crippen LogP contribution in [0, 0.1) is 5.82 Å². The van der Waals surface area contributed by atoms with Crippen molar-refractivity contribution in [2.75, 3.05) is 17.1 Å². The van der Waals surface area contributed by atoms with Gasteiger partial charge in [-0.2, -0.15) is 0 Å². The molecule has 1 heterocycles. The molecule has 4 rings (SSSR count). The van der Waals surface area contributed by atoms with E-state index < -0.39 is 27.7 Å².